The SMILES string of the molecule is O=C([C@H]1CCN(S(=O)(=O)c2ncnn2CCO)C1)N1CCN(c2ccnc3cc(F)ccc23)CC1. The van der Waals surface area contributed by atoms with Crippen molar-refractivity contribution in [3.63, 3.8) is 0 Å². The second-order valence-electron chi connectivity index (χ2n) is 8.64. The van der Waals surface area contributed by atoms with E-state index < -0.39 is 15.9 Å². The van der Waals surface area contributed by atoms with Crippen molar-refractivity contribution in [2.45, 2.75) is 18.1 Å². The number of amides is 1. The predicted octanol–water partition coefficient (Wildman–Crippen LogP) is 0.317. The summed E-state index contributed by atoms with van der Waals surface area (Å²) in [4.78, 5) is 25.2. The van der Waals surface area contributed by atoms with Gasteiger partial charge in [0.1, 0.15) is 12.1 Å². The first-order valence-corrected chi connectivity index (χ1v) is 12.9. The van der Waals surface area contributed by atoms with Crippen LogP contribution in [0.1, 0.15) is 6.42 Å². The second-order valence-corrected chi connectivity index (χ2v) is 10.5. The molecule has 5 rings (SSSR count). The molecule has 1 amide bonds. The molecule has 13 heteroatoms. The number of sulfonamides is 1. The summed E-state index contributed by atoms with van der Waals surface area (Å²) in [6, 6.07) is 6.44. The molecule has 4 heterocycles. The number of anilines is 1. The lowest BCUT2D eigenvalue weighted by Gasteiger charge is -2.37. The Morgan fingerprint density at radius 3 is 2.69 bits per heavy atom. The number of aliphatic hydroxyl groups is 1. The highest BCUT2D eigenvalue weighted by atomic mass is 32.2. The molecule has 11 nitrogen and oxygen atoms in total. The van der Waals surface area contributed by atoms with E-state index >= 15 is 0 Å². The molecule has 0 aliphatic carbocycles. The average molecular weight is 504 g/mol. The lowest BCUT2D eigenvalue weighted by Crippen LogP contribution is -2.50. The number of rotatable bonds is 6. The Labute approximate surface area is 201 Å². The van der Waals surface area contributed by atoms with Crippen LogP contribution in [0.25, 0.3) is 10.9 Å². The number of carbonyl (C=O) groups is 1. The van der Waals surface area contributed by atoms with Crippen molar-refractivity contribution in [1.82, 2.24) is 29.0 Å². The first-order valence-electron chi connectivity index (χ1n) is 11.5. The number of pyridine rings is 1. The smallest absolute Gasteiger partial charge is 0.278 e. The fourth-order valence-corrected chi connectivity index (χ4v) is 6.31. The van der Waals surface area contributed by atoms with Crippen molar-refractivity contribution < 1.29 is 22.7 Å². The van der Waals surface area contributed by atoms with E-state index in [0.717, 1.165) is 22.1 Å². The van der Waals surface area contributed by atoms with Gasteiger partial charge in [-0.3, -0.25) is 9.78 Å². The molecule has 0 bridgehead atoms. The predicted molar refractivity (Wildman–Crippen MR) is 124 cm³/mol. The Hall–Kier alpha value is -3.16. The first kappa shape index (κ1) is 23.6. The molecule has 3 aromatic rings. The molecule has 1 N–H and O–H groups in total. The maximum atomic E-state index is 13.6. The third kappa shape index (κ3) is 4.46. The quantitative estimate of drug-likeness (QED) is 0.510. The summed E-state index contributed by atoms with van der Waals surface area (Å²) in [5, 5.41) is 13.6. The van der Waals surface area contributed by atoms with Gasteiger partial charge < -0.3 is 14.9 Å². The monoisotopic (exact) mass is 503 g/mol. The Balaban J connectivity index is 1.22. The van der Waals surface area contributed by atoms with Gasteiger partial charge in [-0.2, -0.15) is 9.40 Å². The Kier molecular flexibility index (Phi) is 6.38. The van der Waals surface area contributed by atoms with E-state index in [0.29, 0.717) is 38.1 Å². The van der Waals surface area contributed by atoms with E-state index in [2.05, 4.69) is 20.0 Å². The summed E-state index contributed by atoms with van der Waals surface area (Å²) in [5.41, 5.74) is 1.54. The molecule has 0 saturated carbocycles. The normalized spacial score (nSPS) is 19.5. The standard InChI is InChI=1S/C22H26FN7O4S/c23-17-1-2-18-19(13-17)24-5-3-20(18)27-7-9-28(10-8-27)21(32)16-4-6-29(14-16)35(33,34)22-25-15-26-30(22)11-12-31/h1-3,5,13,15-16,31H,4,6-12,14H2/t16-/m0/s1. The third-order valence-electron chi connectivity index (χ3n) is 6.58. The molecule has 1 atom stereocenters. The summed E-state index contributed by atoms with van der Waals surface area (Å²) in [5.74, 6) is -0.810. The molecule has 35 heavy (non-hydrogen) atoms. The number of halogens is 1. The minimum absolute atomic E-state index is 0.0245. The van der Waals surface area contributed by atoms with Gasteiger partial charge in [0.15, 0.2) is 0 Å². The highest BCUT2D eigenvalue weighted by Gasteiger charge is 2.40. The highest BCUT2D eigenvalue weighted by Crippen LogP contribution is 2.28. The molecule has 0 radical (unpaired) electrons. The number of nitrogens with zero attached hydrogens (tertiary/aromatic N) is 7. The van der Waals surface area contributed by atoms with Crippen LogP contribution in [0.5, 0.6) is 0 Å². The number of piperazine rings is 1. The minimum Gasteiger partial charge on any atom is -0.394 e. The second kappa shape index (κ2) is 9.47. The Morgan fingerprint density at radius 2 is 1.91 bits per heavy atom. The molecule has 2 aliphatic rings. The zero-order chi connectivity index (χ0) is 24.6. The van der Waals surface area contributed by atoms with Crippen LogP contribution in [-0.2, 0) is 21.4 Å². The zero-order valence-electron chi connectivity index (χ0n) is 19.0. The van der Waals surface area contributed by atoms with Gasteiger partial charge in [0.05, 0.1) is 24.6 Å². The summed E-state index contributed by atoms with van der Waals surface area (Å²) in [7, 11) is -3.91. The molecule has 2 saturated heterocycles. The molecule has 0 unspecified atom stereocenters. The van der Waals surface area contributed by atoms with Crippen molar-refractivity contribution in [2.75, 3.05) is 50.8 Å². The van der Waals surface area contributed by atoms with Crippen molar-refractivity contribution in [1.29, 1.82) is 0 Å². The lowest BCUT2D eigenvalue weighted by atomic mass is 10.1. The van der Waals surface area contributed by atoms with Crippen LogP contribution in [0, 0.1) is 11.7 Å². The number of carbonyl (C=O) groups excluding carboxylic acids is 1. The molecule has 186 valence electrons. The van der Waals surface area contributed by atoms with Gasteiger partial charge in [-0.25, -0.2) is 22.5 Å². The molecular formula is C22H26FN7O4S. The van der Waals surface area contributed by atoms with E-state index in [4.69, 9.17) is 5.11 Å². The van der Waals surface area contributed by atoms with Gasteiger partial charge in [0.25, 0.3) is 15.2 Å². The van der Waals surface area contributed by atoms with E-state index in [1.165, 1.54) is 16.4 Å². The van der Waals surface area contributed by atoms with Crippen molar-refractivity contribution >= 4 is 32.5 Å². The van der Waals surface area contributed by atoms with E-state index in [1.54, 1.807) is 17.2 Å². The van der Waals surface area contributed by atoms with Crippen LogP contribution in [-0.4, -0.2) is 94.3 Å². The highest BCUT2D eigenvalue weighted by molar-refractivity contribution is 7.89. The number of benzene rings is 1. The van der Waals surface area contributed by atoms with Gasteiger partial charge in [-0.1, -0.05) is 0 Å². The van der Waals surface area contributed by atoms with Crippen molar-refractivity contribution in [3.8, 4) is 0 Å². The van der Waals surface area contributed by atoms with Gasteiger partial charge in [-0.15, -0.1) is 0 Å². The Bertz CT molecular complexity index is 1340. The molecule has 2 aromatic heterocycles. The van der Waals surface area contributed by atoms with E-state index in [-0.39, 0.29) is 43.1 Å². The molecule has 2 fully saturated rings. The number of aromatic nitrogens is 4. The van der Waals surface area contributed by atoms with Gasteiger partial charge in [-0.05, 0) is 24.6 Å². The molecule has 0 spiro atoms. The van der Waals surface area contributed by atoms with Crippen LogP contribution in [0.3, 0.4) is 0 Å². The van der Waals surface area contributed by atoms with E-state index in [9.17, 15) is 17.6 Å². The molecule has 1 aromatic carbocycles. The van der Waals surface area contributed by atoms with Crippen LogP contribution in [0.15, 0.2) is 41.9 Å². The number of fused-ring (bicyclic) bond motifs is 1. The van der Waals surface area contributed by atoms with Gasteiger partial charge in [0.2, 0.25) is 5.91 Å². The maximum absolute atomic E-state index is 13.6. The van der Waals surface area contributed by atoms with Crippen LogP contribution in [0.4, 0.5) is 10.1 Å². The summed E-state index contributed by atoms with van der Waals surface area (Å²) >= 11 is 0. The number of hydrogen-bond donors (Lipinski definition) is 1. The third-order valence-corrected chi connectivity index (χ3v) is 8.37. The van der Waals surface area contributed by atoms with Crippen molar-refractivity contribution in [3.05, 3.63) is 42.6 Å². The minimum atomic E-state index is -3.91. The topological polar surface area (TPSA) is 125 Å². The Morgan fingerprint density at radius 1 is 1.11 bits per heavy atom. The van der Waals surface area contributed by atoms with Crippen LogP contribution < -0.4 is 4.90 Å². The van der Waals surface area contributed by atoms with Gasteiger partial charge in [0, 0.05) is 62.6 Å². The van der Waals surface area contributed by atoms with Crippen LogP contribution >= 0.6 is 0 Å². The first-order chi connectivity index (χ1) is 16.9. The zero-order valence-corrected chi connectivity index (χ0v) is 19.8. The van der Waals surface area contributed by atoms with Crippen LogP contribution in [0.2, 0.25) is 0 Å². The number of hydrogen-bond acceptors (Lipinski definition) is 8. The summed E-state index contributed by atoms with van der Waals surface area (Å²) < 4.78 is 42.0. The van der Waals surface area contributed by atoms with Gasteiger partial charge >= 0.3 is 0 Å². The fraction of sp³-hybridized carbons (Fsp3) is 0.455. The van der Waals surface area contributed by atoms with E-state index in [1.807, 2.05) is 6.07 Å². The van der Waals surface area contributed by atoms with Crippen molar-refractivity contribution in [2.24, 2.45) is 5.92 Å². The summed E-state index contributed by atoms with van der Waals surface area (Å²) in [6.07, 6.45) is 3.24. The maximum Gasteiger partial charge on any atom is 0.278 e. The molecular weight excluding hydrogens is 477 g/mol. The lowest BCUT2D eigenvalue weighted by molar-refractivity contribution is -0.135. The molecule has 2 aliphatic heterocycles. The average Bonchev–Trinajstić information content (AvgIpc) is 3.54. The fourth-order valence-electron chi connectivity index (χ4n) is 4.77. The largest absolute Gasteiger partial charge is 0.394 e. The number of aliphatic hydroxyl groups excluding tert-OH is 1. The summed E-state index contributed by atoms with van der Waals surface area (Å²) in [6.45, 7) is 2.33.